The van der Waals surface area contributed by atoms with Crippen molar-refractivity contribution in [3.8, 4) is 0 Å². The van der Waals surface area contributed by atoms with Gasteiger partial charge in [-0.25, -0.2) is 0 Å². The molecule has 0 saturated carbocycles. The Labute approximate surface area is 73.8 Å². The molecule has 0 aromatic carbocycles. The van der Waals surface area contributed by atoms with Gasteiger partial charge in [0.05, 0.1) is 0 Å². The molecule has 0 aliphatic rings. The van der Waals surface area contributed by atoms with Crippen molar-refractivity contribution in [2.24, 2.45) is 0 Å². The molecular weight excluding hydrogens is 187 g/mol. The Morgan fingerprint density at radius 2 is 1.90 bits per heavy atom. The zero-order chi connectivity index (χ0) is 8.20. The van der Waals surface area contributed by atoms with Crippen LogP contribution in [0.3, 0.4) is 0 Å². The van der Waals surface area contributed by atoms with Crippen molar-refractivity contribution in [3.63, 3.8) is 0 Å². The molecule has 0 amide bonds. The lowest BCUT2D eigenvalue weighted by molar-refractivity contribution is 0.271. The number of hydrogen-bond donors (Lipinski definition) is 0. The van der Waals surface area contributed by atoms with E-state index in [0.717, 1.165) is 6.42 Å². The molecule has 0 aliphatic heterocycles. The summed E-state index contributed by atoms with van der Waals surface area (Å²) in [5.74, 6) is 0.568. The fourth-order valence-corrected chi connectivity index (χ4v) is 2.63. The summed E-state index contributed by atoms with van der Waals surface area (Å²) in [6, 6.07) is 0. The highest BCUT2D eigenvalue weighted by atomic mass is 35.5. The number of halogens is 2. The average molecular weight is 201 g/mol. The standard InChI is InChI=1S/C6H14Cl2OSi/c1-10(2,3)9-6(8)4-5-7/h6H,4-5H2,1-3H3. The highest BCUT2D eigenvalue weighted by Gasteiger charge is 2.18. The maximum Gasteiger partial charge on any atom is 0.185 e. The molecule has 0 N–H and O–H groups in total. The first-order valence-corrected chi connectivity index (χ1v) is 7.71. The highest BCUT2D eigenvalue weighted by Crippen LogP contribution is 2.13. The van der Waals surface area contributed by atoms with E-state index in [1.165, 1.54) is 0 Å². The SMILES string of the molecule is C[Si](C)(C)OC(Cl)CCCl. The Morgan fingerprint density at radius 1 is 1.40 bits per heavy atom. The molecular formula is C6H14Cl2OSi. The normalized spacial score (nSPS) is 15.3. The third-order valence-corrected chi connectivity index (χ3v) is 2.48. The molecule has 0 spiro atoms. The van der Waals surface area contributed by atoms with E-state index in [1.807, 2.05) is 0 Å². The van der Waals surface area contributed by atoms with E-state index in [1.54, 1.807) is 0 Å². The van der Waals surface area contributed by atoms with Gasteiger partial charge in [0.15, 0.2) is 8.32 Å². The molecule has 0 saturated heterocycles. The molecule has 1 atom stereocenters. The molecule has 1 unspecified atom stereocenters. The van der Waals surface area contributed by atoms with E-state index in [0.29, 0.717) is 5.88 Å². The van der Waals surface area contributed by atoms with Crippen molar-refractivity contribution in [2.75, 3.05) is 5.88 Å². The lowest BCUT2D eigenvalue weighted by atomic mass is 10.5. The van der Waals surface area contributed by atoms with E-state index in [4.69, 9.17) is 27.6 Å². The van der Waals surface area contributed by atoms with Gasteiger partial charge in [-0.2, -0.15) is 0 Å². The van der Waals surface area contributed by atoms with Crippen molar-refractivity contribution in [2.45, 2.75) is 31.6 Å². The molecule has 1 nitrogen and oxygen atoms in total. The molecule has 62 valence electrons. The van der Waals surface area contributed by atoms with Gasteiger partial charge in [0, 0.05) is 12.3 Å². The van der Waals surface area contributed by atoms with Crippen LogP contribution >= 0.6 is 23.2 Å². The van der Waals surface area contributed by atoms with Gasteiger partial charge in [0.1, 0.15) is 5.56 Å². The Kier molecular flexibility index (Phi) is 4.95. The van der Waals surface area contributed by atoms with Gasteiger partial charge in [-0.05, 0) is 19.6 Å². The first-order valence-electron chi connectivity index (χ1n) is 3.33. The smallest absolute Gasteiger partial charge is 0.185 e. The quantitative estimate of drug-likeness (QED) is 0.501. The topological polar surface area (TPSA) is 9.23 Å². The molecule has 0 aliphatic carbocycles. The monoisotopic (exact) mass is 200 g/mol. The van der Waals surface area contributed by atoms with Crippen molar-refractivity contribution in [1.82, 2.24) is 0 Å². The summed E-state index contributed by atoms with van der Waals surface area (Å²) >= 11 is 11.3. The molecule has 0 bridgehead atoms. The van der Waals surface area contributed by atoms with Crippen LogP contribution in [-0.4, -0.2) is 19.8 Å². The first kappa shape index (κ1) is 10.8. The Balaban J connectivity index is 3.47. The summed E-state index contributed by atoms with van der Waals surface area (Å²) in [7, 11) is -1.45. The maximum atomic E-state index is 5.79. The minimum atomic E-state index is -1.45. The van der Waals surface area contributed by atoms with Crippen LogP contribution in [0.2, 0.25) is 19.6 Å². The average Bonchev–Trinajstić information content (AvgIpc) is 1.59. The van der Waals surface area contributed by atoms with E-state index in [2.05, 4.69) is 19.6 Å². The summed E-state index contributed by atoms with van der Waals surface area (Å²) in [4.78, 5) is 0. The minimum absolute atomic E-state index is 0.191. The van der Waals surface area contributed by atoms with Gasteiger partial charge < -0.3 is 4.43 Å². The molecule has 10 heavy (non-hydrogen) atoms. The highest BCUT2D eigenvalue weighted by molar-refractivity contribution is 6.70. The van der Waals surface area contributed by atoms with Gasteiger partial charge in [-0.3, -0.25) is 0 Å². The first-order chi connectivity index (χ1) is 4.45. The fraction of sp³-hybridized carbons (Fsp3) is 1.00. The fourth-order valence-electron chi connectivity index (χ4n) is 0.528. The van der Waals surface area contributed by atoms with Crippen LogP contribution in [0.25, 0.3) is 0 Å². The predicted molar refractivity (Wildman–Crippen MR) is 49.4 cm³/mol. The van der Waals surface area contributed by atoms with E-state index >= 15 is 0 Å². The second kappa shape index (κ2) is 4.60. The number of alkyl halides is 2. The van der Waals surface area contributed by atoms with Crippen LogP contribution in [0.4, 0.5) is 0 Å². The molecule has 0 heterocycles. The third-order valence-electron chi connectivity index (χ3n) is 0.817. The summed E-state index contributed by atoms with van der Waals surface area (Å²) in [5.41, 5.74) is -0.191. The second-order valence-corrected chi connectivity index (χ2v) is 8.44. The van der Waals surface area contributed by atoms with Crippen LogP contribution in [-0.2, 0) is 4.43 Å². The minimum Gasteiger partial charge on any atom is -0.402 e. The third kappa shape index (κ3) is 6.87. The van der Waals surface area contributed by atoms with Crippen LogP contribution in [0, 0.1) is 0 Å². The molecule has 0 rings (SSSR count). The number of hydrogen-bond acceptors (Lipinski definition) is 1. The van der Waals surface area contributed by atoms with E-state index in [9.17, 15) is 0 Å². The largest absolute Gasteiger partial charge is 0.402 e. The number of rotatable bonds is 4. The summed E-state index contributed by atoms with van der Waals surface area (Å²) in [6.07, 6.45) is 0.730. The van der Waals surface area contributed by atoms with Gasteiger partial charge >= 0.3 is 0 Å². The molecule has 0 aromatic rings. The maximum absolute atomic E-state index is 5.79. The Hall–Kier alpha value is 0.757. The van der Waals surface area contributed by atoms with Crippen molar-refractivity contribution >= 4 is 31.5 Å². The molecule has 4 heteroatoms. The lowest BCUT2D eigenvalue weighted by Gasteiger charge is -2.20. The summed E-state index contributed by atoms with van der Waals surface area (Å²) in [5, 5.41) is 0. The molecule has 0 fully saturated rings. The zero-order valence-corrected chi connectivity index (χ0v) is 9.17. The Bertz CT molecular complexity index is 92.2. The van der Waals surface area contributed by atoms with Gasteiger partial charge in [0.25, 0.3) is 0 Å². The predicted octanol–water partition coefficient (Wildman–Crippen LogP) is 3.03. The van der Waals surface area contributed by atoms with Crippen molar-refractivity contribution < 1.29 is 4.43 Å². The molecule has 0 radical (unpaired) electrons. The van der Waals surface area contributed by atoms with E-state index in [-0.39, 0.29) is 5.56 Å². The van der Waals surface area contributed by atoms with Gasteiger partial charge in [-0.15, -0.1) is 11.6 Å². The zero-order valence-electron chi connectivity index (χ0n) is 6.66. The van der Waals surface area contributed by atoms with Crippen LogP contribution in [0.5, 0.6) is 0 Å². The van der Waals surface area contributed by atoms with Crippen LogP contribution in [0.1, 0.15) is 6.42 Å². The lowest BCUT2D eigenvalue weighted by Crippen LogP contribution is -2.29. The summed E-state index contributed by atoms with van der Waals surface area (Å²) in [6.45, 7) is 6.32. The van der Waals surface area contributed by atoms with Crippen molar-refractivity contribution in [3.05, 3.63) is 0 Å². The van der Waals surface area contributed by atoms with E-state index < -0.39 is 8.32 Å². The van der Waals surface area contributed by atoms with Crippen LogP contribution < -0.4 is 0 Å². The van der Waals surface area contributed by atoms with Gasteiger partial charge in [-0.1, -0.05) is 11.6 Å². The Morgan fingerprint density at radius 3 is 2.20 bits per heavy atom. The second-order valence-electron chi connectivity index (χ2n) is 3.12. The van der Waals surface area contributed by atoms with Gasteiger partial charge in [0.2, 0.25) is 0 Å². The van der Waals surface area contributed by atoms with Crippen molar-refractivity contribution in [1.29, 1.82) is 0 Å². The molecule has 0 aromatic heterocycles. The summed E-state index contributed by atoms with van der Waals surface area (Å²) < 4.78 is 5.50. The van der Waals surface area contributed by atoms with Crippen LogP contribution in [0.15, 0.2) is 0 Å².